The second kappa shape index (κ2) is 6.84. The lowest BCUT2D eigenvalue weighted by atomic mass is 10.1. The molecule has 6 nitrogen and oxygen atoms in total. The van der Waals surface area contributed by atoms with E-state index in [1.54, 1.807) is 4.57 Å². The highest BCUT2D eigenvalue weighted by Gasteiger charge is 2.17. The van der Waals surface area contributed by atoms with Gasteiger partial charge in [-0.1, -0.05) is 30.3 Å². The van der Waals surface area contributed by atoms with E-state index in [4.69, 9.17) is 5.73 Å². The fourth-order valence-electron chi connectivity index (χ4n) is 1.94. The zero-order chi connectivity index (χ0) is 15.3. The number of nitrogens with zero attached hydrogens (tertiary/aromatic N) is 2. The summed E-state index contributed by atoms with van der Waals surface area (Å²) in [6, 6.07) is 9.42. The molecule has 1 aromatic carbocycles. The highest BCUT2D eigenvalue weighted by Crippen LogP contribution is 2.13. The van der Waals surface area contributed by atoms with Crippen molar-refractivity contribution in [3.8, 4) is 0 Å². The van der Waals surface area contributed by atoms with Gasteiger partial charge in [-0.25, -0.2) is 18.1 Å². The number of imidazole rings is 1. The van der Waals surface area contributed by atoms with Crippen LogP contribution in [-0.4, -0.2) is 24.5 Å². The maximum Gasteiger partial charge on any atom is 0.259 e. The molecule has 0 aliphatic carbocycles. The molecule has 0 saturated carbocycles. The molecule has 0 fully saturated rings. The third-order valence-electron chi connectivity index (χ3n) is 3.23. The van der Waals surface area contributed by atoms with E-state index in [0.29, 0.717) is 13.0 Å². The summed E-state index contributed by atoms with van der Waals surface area (Å²) < 4.78 is 28.3. The number of hydrogen-bond acceptors (Lipinski definition) is 4. The zero-order valence-corrected chi connectivity index (χ0v) is 12.8. The number of hydrogen-bond donors (Lipinski definition) is 2. The number of aryl methyl sites for hydroxylation is 1. The van der Waals surface area contributed by atoms with Crippen LogP contribution in [0, 0.1) is 0 Å². The summed E-state index contributed by atoms with van der Waals surface area (Å²) in [5.74, 6) is 0. The van der Waals surface area contributed by atoms with Gasteiger partial charge in [-0.3, -0.25) is 0 Å². The van der Waals surface area contributed by atoms with Crippen molar-refractivity contribution in [2.45, 2.75) is 31.0 Å². The highest BCUT2D eigenvalue weighted by molar-refractivity contribution is 7.89. The average molecular weight is 308 g/mol. The largest absolute Gasteiger partial charge is 0.336 e. The third-order valence-corrected chi connectivity index (χ3v) is 4.57. The van der Waals surface area contributed by atoms with E-state index in [0.717, 1.165) is 5.56 Å². The molecule has 0 bridgehead atoms. The van der Waals surface area contributed by atoms with Crippen LogP contribution in [0.25, 0.3) is 0 Å². The van der Waals surface area contributed by atoms with Gasteiger partial charge in [-0.15, -0.1) is 0 Å². The van der Waals surface area contributed by atoms with Crippen molar-refractivity contribution >= 4 is 10.0 Å². The van der Waals surface area contributed by atoms with Crippen molar-refractivity contribution in [1.82, 2.24) is 14.3 Å². The molecule has 3 N–H and O–H groups in total. The summed E-state index contributed by atoms with van der Waals surface area (Å²) in [5, 5.41) is 0.0395. The predicted molar refractivity (Wildman–Crippen MR) is 81.1 cm³/mol. The first kappa shape index (κ1) is 15.7. The lowest BCUT2D eigenvalue weighted by Gasteiger charge is -2.12. The zero-order valence-electron chi connectivity index (χ0n) is 11.9. The van der Waals surface area contributed by atoms with Gasteiger partial charge in [0, 0.05) is 25.3 Å². The number of nitrogens with two attached hydrogens (primary N) is 1. The van der Waals surface area contributed by atoms with Gasteiger partial charge in [0.25, 0.3) is 10.0 Å². The van der Waals surface area contributed by atoms with Gasteiger partial charge >= 0.3 is 0 Å². The first-order valence-electron chi connectivity index (χ1n) is 6.85. The molecule has 7 heteroatoms. The van der Waals surface area contributed by atoms with E-state index in [-0.39, 0.29) is 17.6 Å². The van der Waals surface area contributed by atoms with E-state index in [9.17, 15) is 8.42 Å². The molecule has 0 amide bonds. The Labute approximate surface area is 125 Å². The van der Waals surface area contributed by atoms with Gasteiger partial charge in [0.1, 0.15) is 0 Å². The minimum Gasteiger partial charge on any atom is -0.336 e. The summed E-state index contributed by atoms with van der Waals surface area (Å²) in [5.41, 5.74) is 7.03. The maximum atomic E-state index is 12.1. The Morgan fingerprint density at radius 2 is 2.05 bits per heavy atom. The Bertz CT molecular complexity index is 667. The molecule has 0 aliphatic heterocycles. The molecule has 2 aromatic rings. The normalized spacial score (nSPS) is 13.2. The van der Waals surface area contributed by atoms with Crippen molar-refractivity contribution < 1.29 is 8.42 Å². The molecule has 0 spiro atoms. The van der Waals surface area contributed by atoms with E-state index in [1.807, 2.05) is 37.3 Å². The molecule has 21 heavy (non-hydrogen) atoms. The van der Waals surface area contributed by atoms with Gasteiger partial charge in [0.15, 0.2) is 5.03 Å². The summed E-state index contributed by atoms with van der Waals surface area (Å²) >= 11 is 0. The Morgan fingerprint density at radius 3 is 2.67 bits per heavy atom. The Balaban J connectivity index is 1.90. The smallest absolute Gasteiger partial charge is 0.259 e. The Hall–Kier alpha value is -1.70. The van der Waals surface area contributed by atoms with Crippen LogP contribution in [0.1, 0.15) is 24.9 Å². The molecule has 0 saturated heterocycles. The molecule has 1 unspecified atom stereocenters. The number of aromatic nitrogens is 2. The average Bonchev–Trinajstić information content (AvgIpc) is 2.98. The van der Waals surface area contributed by atoms with Crippen LogP contribution in [0.5, 0.6) is 0 Å². The number of nitrogens with one attached hydrogen (secondary N) is 1. The fraction of sp³-hybridized carbons (Fsp3) is 0.357. The van der Waals surface area contributed by atoms with E-state index in [1.165, 1.54) is 12.5 Å². The second-order valence-corrected chi connectivity index (χ2v) is 6.46. The molecule has 2 rings (SSSR count). The molecule has 0 radical (unpaired) electrons. The maximum absolute atomic E-state index is 12.1. The van der Waals surface area contributed by atoms with Crippen LogP contribution >= 0.6 is 0 Å². The first-order chi connectivity index (χ1) is 10.0. The summed E-state index contributed by atoms with van der Waals surface area (Å²) in [6.07, 6.45) is 3.54. The molecular formula is C14H20N4O2S. The van der Waals surface area contributed by atoms with Crippen LogP contribution in [0.3, 0.4) is 0 Å². The molecule has 1 aromatic heterocycles. The molecule has 0 aliphatic rings. The number of rotatable bonds is 7. The quantitative estimate of drug-likeness (QED) is 0.806. The minimum absolute atomic E-state index is 0.0395. The monoisotopic (exact) mass is 308 g/mol. The fourth-order valence-corrected chi connectivity index (χ4v) is 2.94. The lowest BCUT2D eigenvalue weighted by Crippen LogP contribution is -2.27. The van der Waals surface area contributed by atoms with Crippen molar-refractivity contribution in [2.24, 2.45) is 5.73 Å². The summed E-state index contributed by atoms with van der Waals surface area (Å²) in [4.78, 5) is 3.90. The van der Waals surface area contributed by atoms with Crippen LogP contribution in [0.15, 0.2) is 47.9 Å². The predicted octanol–water partition coefficient (Wildman–Crippen LogP) is 1.27. The van der Waals surface area contributed by atoms with Crippen LogP contribution in [0.4, 0.5) is 0 Å². The van der Waals surface area contributed by atoms with Crippen molar-refractivity contribution in [1.29, 1.82) is 0 Å². The summed E-state index contributed by atoms with van der Waals surface area (Å²) in [6.45, 7) is 2.88. The molecule has 1 atom stereocenters. The van der Waals surface area contributed by atoms with Gasteiger partial charge in [0.05, 0.1) is 6.33 Å². The first-order valence-corrected chi connectivity index (χ1v) is 8.33. The van der Waals surface area contributed by atoms with Crippen molar-refractivity contribution in [2.75, 3.05) is 6.54 Å². The van der Waals surface area contributed by atoms with Crippen molar-refractivity contribution in [3.63, 3.8) is 0 Å². The topological polar surface area (TPSA) is 90.0 Å². The summed E-state index contributed by atoms with van der Waals surface area (Å²) in [7, 11) is -3.56. The van der Waals surface area contributed by atoms with Gasteiger partial charge in [0.2, 0.25) is 0 Å². The van der Waals surface area contributed by atoms with Crippen LogP contribution < -0.4 is 10.5 Å². The van der Waals surface area contributed by atoms with E-state index >= 15 is 0 Å². The van der Waals surface area contributed by atoms with Gasteiger partial charge < -0.3 is 10.3 Å². The van der Waals surface area contributed by atoms with Crippen LogP contribution in [0.2, 0.25) is 0 Å². The number of sulfonamides is 1. The highest BCUT2D eigenvalue weighted by atomic mass is 32.2. The van der Waals surface area contributed by atoms with Crippen LogP contribution in [-0.2, 0) is 16.6 Å². The molecule has 114 valence electrons. The van der Waals surface area contributed by atoms with Crippen molar-refractivity contribution in [3.05, 3.63) is 48.4 Å². The third kappa shape index (κ3) is 4.13. The lowest BCUT2D eigenvalue weighted by molar-refractivity contribution is 0.566. The second-order valence-electron chi connectivity index (χ2n) is 4.75. The minimum atomic E-state index is -3.56. The molecular weight excluding hydrogens is 288 g/mol. The Kier molecular flexibility index (Phi) is 5.11. The van der Waals surface area contributed by atoms with Gasteiger partial charge in [-0.2, -0.15) is 0 Å². The Morgan fingerprint density at radius 1 is 1.33 bits per heavy atom. The molecule has 1 heterocycles. The van der Waals surface area contributed by atoms with E-state index in [2.05, 4.69) is 9.71 Å². The van der Waals surface area contributed by atoms with E-state index < -0.39 is 10.0 Å². The number of benzene rings is 1. The SMILES string of the molecule is CCn1cnc(S(=O)(=O)NCCC(N)c2ccccc2)c1. The standard InChI is InChI=1S/C14H20N4O2S/c1-2-18-10-14(16-11-18)21(19,20)17-9-8-13(15)12-6-4-3-5-7-12/h3-7,10-11,13,17H,2,8-9,15H2,1H3. The van der Waals surface area contributed by atoms with Gasteiger partial charge in [-0.05, 0) is 18.9 Å².